The Morgan fingerprint density at radius 1 is 1.38 bits per heavy atom. The van der Waals surface area contributed by atoms with Gasteiger partial charge in [0.25, 0.3) is 0 Å². The first-order valence-electron chi connectivity index (χ1n) is 6.11. The number of hydrogen-bond acceptors (Lipinski definition) is 2. The maximum absolute atomic E-state index is 12.6. The van der Waals surface area contributed by atoms with Gasteiger partial charge in [-0.15, -0.1) is 12.3 Å². The van der Waals surface area contributed by atoms with Crippen LogP contribution in [0.25, 0.3) is 0 Å². The third-order valence-corrected chi connectivity index (χ3v) is 3.10. The van der Waals surface area contributed by atoms with Gasteiger partial charge in [0.2, 0.25) is 6.10 Å². The van der Waals surface area contributed by atoms with Crippen molar-refractivity contribution in [3.8, 4) is 12.3 Å². The van der Waals surface area contributed by atoms with Crippen molar-refractivity contribution < 1.29 is 22.7 Å². The number of terminal acetylenes is 1. The molecule has 1 saturated carbocycles. The van der Waals surface area contributed by atoms with Crippen LogP contribution in [0.1, 0.15) is 24.5 Å². The fourth-order valence-electron chi connectivity index (χ4n) is 1.67. The Kier molecular flexibility index (Phi) is 4.33. The maximum atomic E-state index is 12.6. The molecular weight excluding hydrogens is 307 g/mol. The molecule has 0 spiro atoms. The normalized spacial score (nSPS) is 20.1. The fraction of sp³-hybridized carbons (Fsp3) is 0.357. The number of carbonyl (C=O) groups is 1. The van der Waals surface area contributed by atoms with Crippen molar-refractivity contribution in [2.24, 2.45) is 5.92 Å². The Balaban J connectivity index is 0.000000272. The smallest absolute Gasteiger partial charge is 0.430 e. The van der Waals surface area contributed by atoms with Gasteiger partial charge in [-0.2, -0.15) is 13.2 Å². The van der Waals surface area contributed by atoms with E-state index in [4.69, 9.17) is 18.0 Å². The number of amides is 1. The molecule has 0 bridgehead atoms. The highest BCUT2D eigenvalue weighted by Gasteiger charge is 2.47. The summed E-state index contributed by atoms with van der Waals surface area (Å²) < 4.78 is 41.9. The van der Waals surface area contributed by atoms with E-state index in [9.17, 15) is 18.0 Å². The van der Waals surface area contributed by atoms with Crippen LogP contribution < -0.4 is 5.32 Å². The predicted molar refractivity (Wildman–Crippen MR) is 71.9 cm³/mol. The van der Waals surface area contributed by atoms with E-state index in [0.717, 1.165) is 6.07 Å². The summed E-state index contributed by atoms with van der Waals surface area (Å²) in [7, 11) is 0. The molecule has 3 rings (SSSR count). The number of carbonyl (C=O) groups excluding carboxylic acids is 1. The van der Waals surface area contributed by atoms with Crippen LogP contribution >= 0.6 is 11.6 Å². The molecule has 2 aliphatic rings. The van der Waals surface area contributed by atoms with Crippen molar-refractivity contribution in [2.75, 3.05) is 5.32 Å². The Hall–Kier alpha value is -1.87. The summed E-state index contributed by atoms with van der Waals surface area (Å²) in [5, 5.41) is 2.32. The van der Waals surface area contributed by atoms with Crippen LogP contribution in [0.15, 0.2) is 18.2 Å². The van der Waals surface area contributed by atoms with Gasteiger partial charge in [-0.1, -0.05) is 11.6 Å². The average Bonchev–Trinajstić information content (AvgIpc) is 3.22. The lowest BCUT2D eigenvalue weighted by molar-refractivity contribution is -0.206. The highest BCUT2D eigenvalue weighted by atomic mass is 35.5. The molecule has 1 aromatic carbocycles. The molecule has 1 aliphatic heterocycles. The summed E-state index contributed by atoms with van der Waals surface area (Å²) in [5.41, 5.74) is -0.137. The fourth-order valence-corrected chi connectivity index (χ4v) is 1.85. The molecule has 1 aromatic rings. The zero-order valence-electron chi connectivity index (χ0n) is 10.7. The molecule has 0 aromatic heterocycles. The minimum absolute atomic E-state index is 0.0583. The average molecular weight is 318 g/mol. The second kappa shape index (κ2) is 5.86. The molecule has 0 radical (unpaired) electrons. The van der Waals surface area contributed by atoms with Crippen molar-refractivity contribution in [1.82, 2.24) is 0 Å². The molecule has 1 amide bonds. The summed E-state index contributed by atoms with van der Waals surface area (Å²) in [6.07, 6.45) is -0.519. The highest BCUT2D eigenvalue weighted by Crippen LogP contribution is 2.42. The van der Waals surface area contributed by atoms with E-state index in [2.05, 4.69) is 16.0 Å². The molecule has 21 heavy (non-hydrogen) atoms. The lowest BCUT2D eigenvalue weighted by Crippen LogP contribution is -2.33. The summed E-state index contributed by atoms with van der Waals surface area (Å²) in [4.78, 5) is 10.9. The van der Waals surface area contributed by atoms with E-state index in [1.165, 1.54) is 25.0 Å². The number of benzene rings is 1. The summed E-state index contributed by atoms with van der Waals surface area (Å²) in [5.74, 6) is 3.30. The van der Waals surface area contributed by atoms with E-state index in [1.54, 1.807) is 0 Å². The third kappa shape index (κ3) is 4.05. The third-order valence-electron chi connectivity index (χ3n) is 2.87. The van der Waals surface area contributed by atoms with Crippen molar-refractivity contribution in [1.29, 1.82) is 0 Å². The molecule has 0 unspecified atom stereocenters. The first-order valence-corrected chi connectivity index (χ1v) is 6.49. The van der Waals surface area contributed by atoms with Gasteiger partial charge in [0.1, 0.15) is 0 Å². The van der Waals surface area contributed by atoms with E-state index in [-0.39, 0.29) is 16.3 Å². The molecule has 1 fully saturated rings. The number of cyclic esters (lactones) is 1. The number of alkyl halides is 3. The standard InChI is InChI=1S/C9H5ClF3NO2.C5H6/c10-4-1-2-6-5(3-4)7(9(11,12)13)16-8(15)14-6;1-2-5-3-4-5/h1-3,7H,(H,14,15);1,5H,3-4H2/t7-;/m0./s1. The van der Waals surface area contributed by atoms with Gasteiger partial charge in [-0.3, -0.25) is 5.32 Å². The van der Waals surface area contributed by atoms with Gasteiger partial charge < -0.3 is 4.74 Å². The van der Waals surface area contributed by atoms with E-state index in [0.29, 0.717) is 5.92 Å². The Morgan fingerprint density at radius 2 is 2.05 bits per heavy atom. The van der Waals surface area contributed by atoms with Gasteiger partial charge in [-0.25, -0.2) is 4.79 Å². The van der Waals surface area contributed by atoms with Gasteiger partial charge in [0, 0.05) is 16.5 Å². The maximum Gasteiger partial charge on any atom is 0.430 e. The summed E-state index contributed by atoms with van der Waals surface area (Å²) >= 11 is 5.59. The van der Waals surface area contributed by atoms with E-state index in [1.807, 2.05) is 0 Å². The van der Waals surface area contributed by atoms with Crippen LogP contribution in [0.4, 0.5) is 23.7 Å². The van der Waals surface area contributed by atoms with E-state index >= 15 is 0 Å². The van der Waals surface area contributed by atoms with Gasteiger partial charge in [0.05, 0.1) is 5.69 Å². The van der Waals surface area contributed by atoms with Crippen LogP contribution in [0.2, 0.25) is 5.02 Å². The van der Waals surface area contributed by atoms with Crippen LogP contribution in [0.3, 0.4) is 0 Å². The number of hydrogen-bond donors (Lipinski definition) is 1. The van der Waals surface area contributed by atoms with Crippen molar-refractivity contribution in [3.63, 3.8) is 0 Å². The number of halogens is 4. The molecule has 0 saturated heterocycles. The van der Waals surface area contributed by atoms with Gasteiger partial charge in [-0.05, 0) is 31.0 Å². The second-order valence-corrected chi connectivity index (χ2v) is 5.06. The Labute approximate surface area is 124 Å². The first kappa shape index (κ1) is 15.5. The Morgan fingerprint density at radius 3 is 2.52 bits per heavy atom. The molecule has 3 nitrogen and oxygen atoms in total. The van der Waals surface area contributed by atoms with Crippen molar-refractivity contribution >= 4 is 23.4 Å². The van der Waals surface area contributed by atoms with Gasteiger partial charge in [0.15, 0.2) is 0 Å². The molecule has 1 atom stereocenters. The number of fused-ring (bicyclic) bond motifs is 1. The second-order valence-electron chi connectivity index (χ2n) is 4.62. The zero-order chi connectivity index (χ0) is 15.6. The SMILES string of the molecule is C#CC1CC1.O=C1Nc2ccc(Cl)cc2[C@@H](C(F)(F)F)O1. The highest BCUT2D eigenvalue weighted by molar-refractivity contribution is 6.30. The van der Waals surface area contributed by atoms with Crippen LogP contribution in [-0.4, -0.2) is 12.3 Å². The van der Waals surface area contributed by atoms with E-state index < -0.39 is 18.4 Å². The Bertz CT molecular complexity index is 591. The molecular formula is C14H11ClF3NO2. The number of rotatable bonds is 0. The topological polar surface area (TPSA) is 38.3 Å². The van der Waals surface area contributed by atoms with Crippen LogP contribution in [0.5, 0.6) is 0 Å². The lowest BCUT2D eigenvalue weighted by Gasteiger charge is -2.27. The lowest BCUT2D eigenvalue weighted by atomic mass is 10.1. The molecule has 1 heterocycles. The predicted octanol–water partition coefficient (Wildman–Crippen LogP) is 4.54. The molecule has 1 N–H and O–H groups in total. The summed E-state index contributed by atoms with van der Waals surface area (Å²) in [6, 6.07) is 3.81. The first-order chi connectivity index (χ1) is 9.81. The van der Waals surface area contributed by atoms with Gasteiger partial charge >= 0.3 is 12.3 Å². The molecule has 7 heteroatoms. The zero-order valence-corrected chi connectivity index (χ0v) is 11.5. The molecule has 112 valence electrons. The minimum atomic E-state index is -4.66. The number of nitrogens with one attached hydrogen (secondary N) is 1. The number of anilines is 1. The minimum Gasteiger partial charge on any atom is -0.431 e. The van der Waals surface area contributed by atoms with Crippen molar-refractivity contribution in [3.05, 3.63) is 28.8 Å². The van der Waals surface area contributed by atoms with Crippen molar-refractivity contribution in [2.45, 2.75) is 25.1 Å². The number of ether oxygens (including phenoxy) is 1. The van der Waals surface area contributed by atoms with Crippen LogP contribution in [-0.2, 0) is 4.74 Å². The quantitative estimate of drug-likeness (QED) is 0.714. The molecule has 1 aliphatic carbocycles. The monoisotopic (exact) mass is 317 g/mol. The van der Waals surface area contributed by atoms with Crippen LogP contribution in [0, 0.1) is 18.3 Å². The summed E-state index contributed by atoms with van der Waals surface area (Å²) in [6.45, 7) is 0. The largest absolute Gasteiger partial charge is 0.431 e.